The standard InChI is InChI=1S/C15H19N3OS/c1-11-13(10-18(2)17-11)9-16-15(19)14(20)8-12-6-4-3-5-7-12/h3-7,10,14,20H,8-9H2,1-2H3,(H,16,19). The molecule has 1 atom stereocenters. The lowest BCUT2D eigenvalue weighted by atomic mass is 10.1. The van der Waals surface area contributed by atoms with Crippen molar-refractivity contribution < 1.29 is 4.79 Å². The lowest BCUT2D eigenvalue weighted by Crippen LogP contribution is -2.32. The molecular weight excluding hydrogens is 270 g/mol. The van der Waals surface area contributed by atoms with Crippen LogP contribution in [0.3, 0.4) is 0 Å². The summed E-state index contributed by atoms with van der Waals surface area (Å²) in [6.45, 7) is 2.42. The van der Waals surface area contributed by atoms with E-state index in [1.165, 1.54) is 0 Å². The molecule has 1 unspecified atom stereocenters. The summed E-state index contributed by atoms with van der Waals surface area (Å²) < 4.78 is 1.75. The van der Waals surface area contributed by atoms with Crippen LogP contribution in [0.1, 0.15) is 16.8 Å². The van der Waals surface area contributed by atoms with Gasteiger partial charge in [-0.1, -0.05) is 30.3 Å². The van der Waals surface area contributed by atoms with Crippen LogP contribution in [0, 0.1) is 6.92 Å². The van der Waals surface area contributed by atoms with Gasteiger partial charge in [0.2, 0.25) is 5.91 Å². The Kier molecular flexibility index (Phi) is 4.84. The predicted molar refractivity (Wildman–Crippen MR) is 82.7 cm³/mol. The molecule has 2 aromatic rings. The second kappa shape index (κ2) is 6.61. The van der Waals surface area contributed by atoms with Gasteiger partial charge in [-0.3, -0.25) is 9.48 Å². The number of nitrogens with one attached hydrogen (secondary N) is 1. The zero-order valence-corrected chi connectivity index (χ0v) is 12.6. The van der Waals surface area contributed by atoms with E-state index in [-0.39, 0.29) is 11.2 Å². The lowest BCUT2D eigenvalue weighted by molar-refractivity contribution is -0.120. The Morgan fingerprint density at radius 3 is 2.70 bits per heavy atom. The monoisotopic (exact) mass is 289 g/mol. The zero-order valence-electron chi connectivity index (χ0n) is 11.7. The first-order valence-corrected chi connectivity index (χ1v) is 7.06. The average Bonchev–Trinajstić information content (AvgIpc) is 2.75. The lowest BCUT2D eigenvalue weighted by Gasteiger charge is -2.11. The van der Waals surface area contributed by atoms with Crippen molar-refractivity contribution in [2.75, 3.05) is 0 Å². The number of aromatic nitrogens is 2. The molecule has 20 heavy (non-hydrogen) atoms. The maximum Gasteiger partial charge on any atom is 0.233 e. The van der Waals surface area contributed by atoms with Crippen molar-refractivity contribution in [2.24, 2.45) is 7.05 Å². The zero-order chi connectivity index (χ0) is 14.5. The highest BCUT2D eigenvalue weighted by molar-refractivity contribution is 7.81. The van der Waals surface area contributed by atoms with Crippen LogP contribution in [0.5, 0.6) is 0 Å². The van der Waals surface area contributed by atoms with Gasteiger partial charge in [-0.15, -0.1) is 0 Å². The van der Waals surface area contributed by atoms with E-state index in [9.17, 15) is 4.79 Å². The fraction of sp³-hybridized carbons (Fsp3) is 0.333. The van der Waals surface area contributed by atoms with Crippen molar-refractivity contribution in [1.82, 2.24) is 15.1 Å². The summed E-state index contributed by atoms with van der Waals surface area (Å²) in [7, 11) is 1.87. The minimum Gasteiger partial charge on any atom is -0.351 e. The van der Waals surface area contributed by atoms with E-state index < -0.39 is 0 Å². The number of hydrogen-bond donors (Lipinski definition) is 2. The predicted octanol–water partition coefficient (Wildman–Crippen LogP) is 1.89. The van der Waals surface area contributed by atoms with E-state index in [2.05, 4.69) is 23.0 Å². The normalized spacial score (nSPS) is 12.2. The molecule has 0 radical (unpaired) electrons. The first-order valence-electron chi connectivity index (χ1n) is 6.55. The number of nitrogens with zero attached hydrogens (tertiary/aromatic N) is 2. The SMILES string of the molecule is Cc1nn(C)cc1CNC(=O)C(S)Cc1ccccc1. The van der Waals surface area contributed by atoms with Gasteiger partial charge in [0.25, 0.3) is 0 Å². The summed E-state index contributed by atoms with van der Waals surface area (Å²) in [5.41, 5.74) is 3.08. The number of benzene rings is 1. The summed E-state index contributed by atoms with van der Waals surface area (Å²) in [4.78, 5) is 12.0. The highest BCUT2D eigenvalue weighted by Gasteiger charge is 2.14. The van der Waals surface area contributed by atoms with Crippen LogP contribution in [-0.4, -0.2) is 20.9 Å². The topological polar surface area (TPSA) is 46.9 Å². The summed E-state index contributed by atoms with van der Waals surface area (Å²) in [5.74, 6) is -0.0551. The molecule has 5 heteroatoms. The highest BCUT2D eigenvalue weighted by Crippen LogP contribution is 2.09. The molecule has 106 valence electrons. The van der Waals surface area contributed by atoms with Gasteiger partial charge >= 0.3 is 0 Å². The fourth-order valence-corrected chi connectivity index (χ4v) is 2.35. The Labute approximate surface area is 124 Å². The van der Waals surface area contributed by atoms with Crippen LogP contribution in [0.25, 0.3) is 0 Å². The molecule has 0 aliphatic rings. The molecule has 1 heterocycles. The van der Waals surface area contributed by atoms with Crippen LogP contribution in [0.4, 0.5) is 0 Å². The second-order valence-corrected chi connectivity index (χ2v) is 5.46. The second-order valence-electron chi connectivity index (χ2n) is 4.84. The number of carbonyl (C=O) groups excluding carboxylic acids is 1. The van der Waals surface area contributed by atoms with Crippen molar-refractivity contribution in [3.05, 3.63) is 53.3 Å². The van der Waals surface area contributed by atoms with Crippen LogP contribution < -0.4 is 5.32 Å². The number of rotatable bonds is 5. The number of carbonyl (C=O) groups is 1. The molecule has 0 fully saturated rings. The van der Waals surface area contributed by atoms with Crippen LogP contribution in [-0.2, 0) is 24.8 Å². The van der Waals surface area contributed by atoms with Crippen LogP contribution >= 0.6 is 12.6 Å². The molecule has 2 rings (SSSR count). The number of amides is 1. The summed E-state index contributed by atoms with van der Waals surface area (Å²) >= 11 is 4.38. The molecule has 1 aromatic carbocycles. The molecule has 0 bridgehead atoms. The molecule has 0 aliphatic carbocycles. The van der Waals surface area contributed by atoms with E-state index in [4.69, 9.17) is 0 Å². The fourth-order valence-electron chi connectivity index (χ4n) is 2.05. The van der Waals surface area contributed by atoms with Gasteiger partial charge in [-0.05, 0) is 18.9 Å². The van der Waals surface area contributed by atoms with Gasteiger partial charge in [0.15, 0.2) is 0 Å². The van der Waals surface area contributed by atoms with Gasteiger partial charge in [-0.2, -0.15) is 17.7 Å². The molecule has 4 nitrogen and oxygen atoms in total. The van der Waals surface area contributed by atoms with Crippen molar-refractivity contribution >= 4 is 18.5 Å². The quantitative estimate of drug-likeness (QED) is 0.826. The number of aryl methyl sites for hydroxylation is 2. The Morgan fingerprint density at radius 1 is 1.40 bits per heavy atom. The Morgan fingerprint density at radius 2 is 2.10 bits per heavy atom. The Hall–Kier alpha value is -1.75. The van der Waals surface area contributed by atoms with Crippen molar-refractivity contribution in [1.29, 1.82) is 0 Å². The van der Waals surface area contributed by atoms with Gasteiger partial charge < -0.3 is 5.32 Å². The van der Waals surface area contributed by atoms with E-state index >= 15 is 0 Å². The van der Waals surface area contributed by atoms with Crippen molar-refractivity contribution in [3.63, 3.8) is 0 Å². The van der Waals surface area contributed by atoms with Gasteiger partial charge in [0.1, 0.15) is 0 Å². The minimum atomic E-state index is -0.339. The van der Waals surface area contributed by atoms with E-state index in [1.54, 1.807) is 4.68 Å². The van der Waals surface area contributed by atoms with E-state index in [0.717, 1.165) is 16.8 Å². The molecule has 0 saturated carbocycles. The molecule has 1 N–H and O–H groups in total. The molecule has 1 amide bonds. The smallest absolute Gasteiger partial charge is 0.233 e. The van der Waals surface area contributed by atoms with Gasteiger partial charge in [0.05, 0.1) is 10.9 Å². The summed E-state index contributed by atoms with van der Waals surface area (Å²) in [5, 5.41) is 6.81. The number of thiol groups is 1. The summed E-state index contributed by atoms with van der Waals surface area (Å²) in [6.07, 6.45) is 2.54. The van der Waals surface area contributed by atoms with Crippen LogP contribution in [0.15, 0.2) is 36.5 Å². The first-order chi connectivity index (χ1) is 9.56. The third-order valence-electron chi connectivity index (χ3n) is 3.14. The molecule has 0 spiro atoms. The summed E-state index contributed by atoms with van der Waals surface area (Å²) in [6, 6.07) is 9.89. The molecular formula is C15H19N3OS. The van der Waals surface area contributed by atoms with E-state index in [1.807, 2.05) is 50.5 Å². The Balaban J connectivity index is 1.87. The van der Waals surface area contributed by atoms with Gasteiger partial charge in [0, 0.05) is 25.4 Å². The van der Waals surface area contributed by atoms with Crippen molar-refractivity contribution in [2.45, 2.75) is 25.1 Å². The van der Waals surface area contributed by atoms with Crippen LogP contribution in [0.2, 0.25) is 0 Å². The highest BCUT2D eigenvalue weighted by atomic mass is 32.1. The number of hydrogen-bond acceptors (Lipinski definition) is 3. The van der Waals surface area contributed by atoms with Crippen molar-refractivity contribution in [3.8, 4) is 0 Å². The maximum absolute atomic E-state index is 12.0. The maximum atomic E-state index is 12.0. The molecule has 1 aromatic heterocycles. The minimum absolute atomic E-state index is 0.0551. The first kappa shape index (κ1) is 14.7. The molecule has 0 saturated heterocycles. The average molecular weight is 289 g/mol. The largest absolute Gasteiger partial charge is 0.351 e. The third-order valence-corrected chi connectivity index (χ3v) is 3.56. The Bertz CT molecular complexity index is 580. The van der Waals surface area contributed by atoms with Gasteiger partial charge in [-0.25, -0.2) is 0 Å². The van der Waals surface area contributed by atoms with E-state index in [0.29, 0.717) is 13.0 Å². The molecule has 0 aliphatic heterocycles. The third kappa shape index (κ3) is 3.87.